The molecule has 0 spiro atoms. The van der Waals surface area contributed by atoms with E-state index in [1.165, 1.54) is 5.56 Å². The van der Waals surface area contributed by atoms with Gasteiger partial charge in [-0.1, -0.05) is 30.3 Å². The molecule has 164 valence electrons. The summed E-state index contributed by atoms with van der Waals surface area (Å²) in [5.41, 5.74) is 0.368. The first-order chi connectivity index (χ1) is 15.2. The number of hydrogen-bond acceptors (Lipinski definition) is 5. The lowest BCUT2D eigenvalue weighted by atomic mass is 9.93. The molecule has 0 radical (unpaired) electrons. The van der Waals surface area contributed by atoms with Crippen molar-refractivity contribution in [1.29, 1.82) is 0 Å². The Labute approximate surface area is 184 Å². The molecule has 0 aliphatic carbocycles. The predicted molar refractivity (Wildman–Crippen MR) is 120 cm³/mol. The smallest absolute Gasteiger partial charge is 0.119 e. The van der Waals surface area contributed by atoms with Gasteiger partial charge in [0.25, 0.3) is 0 Å². The molecular formula is C25H31N3O3. The molecule has 0 saturated carbocycles. The molecule has 0 bridgehead atoms. The summed E-state index contributed by atoms with van der Waals surface area (Å²) in [6, 6.07) is 19.9. The first-order valence-corrected chi connectivity index (χ1v) is 11.0. The van der Waals surface area contributed by atoms with E-state index in [4.69, 9.17) is 9.47 Å². The monoisotopic (exact) mass is 421 g/mol. The van der Waals surface area contributed by atoms with Crippen molar-refractivity contribution in [2.75, 3.05) is 26.3 Å². The number of rotatable bonds is 10. The maximum atomic E-state index is 11.1. The molecule has 1 saturated heterocycles. The number of aryl methyl sites for hydroxylation is 1. The number of ether oxygens (including phenoxy) is 2. The maximum absolute atomic E-state index is 11.1. The van der Waals surface area contributed by atoms with Crippen LogP contribution in [0.4, 0.5) is 0 Å². The van der Waals surface area contributed by atoms with Crippen LogP contribution in [-0.2, 0) is 13.1 Å². The minimum atomic E-state index is -0.825. The van der Waals surface area contributed by atoms with E-state index in [0.717, 1.165) is 50.4 Å². The van der Waals surface area contributed by atoms with Gasteiger partial charge in [-0.2, -0.15) is 5.10 Å². The van der Waals surface area contributed by atoms with Crippen LogP contribution in [0, 0.1) is 0 Å². The zero-order chi connectivity index (χ0) is 21.4. The van der Waals surface area contributed by atoms with Gasteiger partial charge < -0.3 is 14.6 Å². The molecule has 1 unspecified atom stereocenters. The van der Waals surface area contributed by atoms with E-state index < -0.39 is 5.60 Å². The number of likely N-dealkylation sites (tertiary alicyclic amines) is 1. The normalized spacial score (nSPS) is 19.3. The van der Waals surface area contributed by atoms with Crippen molar-refractivity contribution in [1.82, 2.24) is 14.7 Å². The first kappa shape index (κ1) is 21.4. The van der Waals surface area contributed by atoms with Crippen LogP contribution in [0.5, 0.6) is 11.5 Å². The molecule has 1 aliphatic heterocycles. The van der Waals surface area contributed by atoms with E-state index in [-0.39, 0.29) is 0 Å². The highest BCUT2D eigenvalue weighted by molar-refractivity contribution is 5.28. The number of hydrogen-bond donors (Lipinski definition) is 1. The van der Waals surface area contributed by atoms with Gasteiger partial charge in [-0.3, -0.25) is 9.58 Å². The lowest BCUT2D eigenvalue weighted by Gasteiger charge is -2.39. The van der Waals surface area contributed by atoms with Crippen LogP contribution in [0.15, 0.2) is 73.1 Å². The molecule has 1 aliphatic rings. The van der Waals surface area contributed by atoms with Crippen molar-refractivity contribution in [3.63, 3.8) is 0 Å². The van der Waals surface area contributed by atoms with Crippen molar-refractivity contribution in [3.8, 4) is 11.5 Å². The second-order valence-electron chi connectivity index (χ2n) is 8.26. The second-order valence-corrected chi connectivity index (χ2v) is 8.26. The Morgan fingerprint density at radius 2 is 1.87 bits per heavy atom. The van der Waals surface area contributed by atoms with Gasteiger partial charge in [-0.15, -0.1) is 0 Å². The minimum Gasteiger partial charge on any atom is -0.494 e. The predicted octanol–water partition coefficient (Wildman–Crippen LogP) is 3.76. The molecule has 3 aromatic rings. The molecule has 2 heterocycles. The van der Waals surface area contributed by atoms with E-state index in [2.05, 4.69) is 22.1 Å². The van der Waals surface area contributed by atoms with Crippen LogP contribution >= 0.6 is 0 Å². The topological polar surface area (TPSA) is 59.8 Å². The largest absolute Gasteiger partial charge is 0.494 e. The quantitative estimate of drug-likeness (QED) is 0.505. The van der Waals surface area contributed by atoms with Crippen LogP contribution in [0.1, 0.15) is 24.8 Å². The van der Waals surface area contributed by atoms with Crippen LogP contribution in [0.3, 0.4) is 0 Å². The Morgan fingerprint density at radius 3 is 2.71 bits per heavy atom. The Balaban J connectivity index is 1.25. The standard InChI is InChI=1S/C25H31N3O3/c29-25(21-31-23-9-2-1-3-10-23)12-5-14-27(20-25)19-22-8-4-11-24(18-22)30-17-7-16-28-15-6-13-26-28/h1-4,6,8-11,13,15,18,29H,5,7,12,14,16-17,19-21H2. The van der Waals surface area contributed by atoms with Gasteiger partial charge in [0.2, 0.25) is 0 Å². The Morgan fingerprint density at radius 1 is 1.00 bits per heavy atom. The molecule has 2 aromatic carbocycles. The Bertz CT molecular complexity index is 917. The summed E-state index contributed by atoms with van der Waals surface area (Å²) in [6.45, 7) is 4.19. The first-order valence-electron chi connectivity index (χ1n) is 11.0. The number of piperidine rings is 1. The van der Waals surface area contributed by atoms with E-state index >= 15 is 0 Å². The van der Waals surface area contributed by atoms with Crippen LogP contribution < -0.4 is 9.47 Å². The van der Waals surface area contributed by atoms with Crippen molar-refractivity contribution >= 4 is 0 Å². The van der Waals surface area contributed by atoms with E-state index in [9.17, 15) is 5.11 Å². The third-order valence-electron chi connectivity index (χ3n) is 5.55. The van der Waals surface area contributed by atoms with Gasteiger partial charge in [0.1, 0.15) is 23.7 Å². The fraction of sp³-hybridized carbons (Fsp3) is 0.400. The average Bonchev–Trinajstić information content (AvgIpc) is 3.30. The number of para-hydroxylation sites is 1. The SMILES string of the molecule is OC1(COc2ccccc2)CCCN(Cc2cccc(OCCCn3cccn3)c2)C1. The molecule has 6 nitrogen and oxygen atoms in total. The van der Waals surface area contributed by atoms with Crippen LogP contribution in [-0.4, -0.2) is 51.7 Å². The Hall–Kier alpha value is -2.83. The second kappa shape index (κ2) is 10.5. The molecule has 1 fully saturated rings. The lowest BCUT2D eigenvalue weighted by molar-refractivity contribution is -0.0621. The number of benzene rings is 2. The maximum Gasteiger partial charge on any atom is 0.119 e. The summed E-state index contributed by atoms with van der Waals surface area (Å²) in [4.78, 5) is 2.30. The van der Waals surface area contributed by atoms with Gasteiger partial charge in [0, 0.05) is 38.4 Å². The number of aliphatic hydroxyl groups is 1. The average molecular weight is 422 g/mol. The van der Waals surface area contributed by atoms with Crippen LogP contribution in [0.2, 0.25) is 0 Å². The van der Waals surface area contributed by atoms with Gasteiger partial charge in [-0.05, 0) is 55.3 Å². The third kappa shape index (κ3) is 6.57. The number of β-amino-alcohol motifs (C(OH)–C–C–N with tert-alkyl or cyclic N) is 1. The molecule has 4 rings (SSSR count). The number of aromatic nitrogens is 2. The van der Waals surface area contributed by atoms with E-state index in [1.54, 1.807) is 6.20 Å². The molecule has 1 aromatic heterocycles. The highest BCUT2D eigenvalue weighted by atomic mass is 16.5. The molecule has 1 N–H and O–H groups in total. The highest BCUT2D eigenvalue weighted by Crippen LogP contribution is 2.25. The zero-order valence-corrected chi connectivity index (χ0v) is 17.9. The minimum absolute atomic E-state index is 0.312. The summed E-state index contributed by atoms with van der Waals surface area (Å²) < 4.78 is 13.7. The summed E-state index contributed by atoms with van der Waals surface area (Å²) in [7, 11) is 0. The summed E-state index contributed by atoms with van der Waals surface area (Å²) in [6.07, 6.45) is 6.38. The summed E-state index contributed by atoms with van der Waals surface area (Å²) in [5.74, 6) is 1.68. The van der Waals surface area contributed by atoms with Crippen molar-refractivity contribution in [2.45, 2.75) is 38.0 Å². The van der Waals surface area contributed by atoms with Crippen molar-refractivity contribution < 1.29 is 14.6 Å². The summed E-state index contributed by atoms with van der Waals surface area (Å²) in [5, 5.41) is 15.3. The number of nitrogens with zero attached hydrogens (tertiary/aromatic N) is 3. The summed E-state index contributed by atoms with van der Waals surface area (Å²) >= 11 is 0. The van der Waals surface area contributed by atoms with Crippen LogP contribution in [0.25, 0.3) is 0 Å². The van der Waals surface area contributed by atoms with Crippen molar-refractivity contribution in [2.24, 2.45) is 0 Å². The fourth-order valence-corrected chi connectivity index (χ4v) is 4.03. The molecule has 1 atom stereocenters. The lowest BCUT2D eigenvalue weighted by Crippen LogP contribution is -2.51. The molecule has 6 heteroatoms. The highest BCUT2D eigenvalue weighted by Gasteiger charge is 2.34. The zero-order valence-electron chi connectivity index (χ0n) is 17.9. The fourth-order valence-electron chi connectivity index (χ4n) is 4.03. The Kier molecular flexibility index (Phi) is 7.22. The van der Waals surface area contributed by atoms with Crippen molar-refractivity contribution in [3.05, 3.63) is 78.6 Å². The van der Waals surface area contributed by atoms with E-state index in [1.807, 2.05) is 59.4 Å². The molecular weight excluding hydrogens is 390 g/mol. The van der Waals surface area contributed by atoms with Gasteiger partial charge in [0.15, 0.2) is 0 Å². The van der Waals surface area contributed by atoms with Gasteiger partial charge in [-0.25, -0.2) is 0 Å². The van der Waals surface area contributed by atoms with Gasteiger partial charge in [0.05, 0.1) is 6.61 Å². The molecule has 0 amide bonds. The molecule has 31 heavy (non-hydrogen) atoms. The third-order valence-corrected chi connectivity index (χ3v) is 5.55. The van der Waals surface area contributed by atoms with E-state index in [0.29, 0.717) is 19.8 Å². The van der Waals surface area contributed by atoms with Gasteiger partial charge >= 0.3 is 0 Å².